The minimum absolute atomic E-state index is 0.119. The molecule has 0 saturated carbocycles. The smallest absolute Gasteiger partial charge is 0.416 e. The second-order valence-corrected chi connectivity index (χ2v) is 8.91. The van der Waals surface area contributed by atoms with Crippen LogP contribution in [-0.4, -0.2) is 20.0 Å². The van der Waals surface area contributed by atoms with Crippen LogP contribution in [0.25, 0.3) is 0 Å². The third-order valence-corrected chi connectivity index (χ3v) is 6.74. The minimum Gasteiger partial charge on any atom is -0.493 e. The molecular weight excluding hydrogens is 469 g/mol. The van der Waals surface area contributed by atoms with Crippen LogP contribution in [0, 0.1) is 0 Å². The van der Waals surface area contributed by atoms with Crippen molar-refractivity contribution in [3.63, 3.8) is 0 Å². The number of hydrogen-bond acceptors (Lipinski definition) is 5. The van der Waals surface area contributed by atoms with E-state index in [-0.39, 0.29) is 18.1 Å². The fourth-order valence-corrected chi connectivity index (χ4v) is 4.98. The van der Waals surface area contributed by atoms with Gasteiger partial charge in [-0.1, -0.05) is 30.3 Å². The number of ketones is 1. The van der Waals surface area contributed by atoms with Gasteiger partial charge in [-0.05, 0) is 59.9 Å². The molecular formula is C28H25F3N2O3. The predicted octanol–water partition coefficient (Wildman–Crippen LogP) is 6.70. The van der Waals surface area contributed by atoms with Crippen LogP contribution in [-0.2, 0) is 11.0 Å². The zero-order valence-corrected chi connectivity index (χ0v) is 19.8. The third kappa shape index (κ3) is 4.39. The summed E-state index contributed by atoms with van der Waals surface area (Å²) in [5, 5.41) is 6.73. The molecule has 36 heavy (non-hydrogen) atoms. The number of rotatable bonds is 4. The average Bonchev–Trinajstić information content (AvgIpc) is 3.04. The van der Waals surface area contributed by atoms with Crippen molar-refractivity contribution in [2.24, 2.45) is 0 Å². The molecule has 1 aliphatic heterocycles. The Kier molecular flexibility index (Phi) is 6.12. The molecule has 0 fully saturated rings. The summed E-state index contributed by atoms with van der Waals surface area (Å²) < 4.78 is 51.2. The Bertz CT molecular complexity index is 1350. The summed E-state index contributed by atoms with van der Waals surface area (Å²) in [7, 11) is 3.12. The van der Waals surface area contributed by atoms with E-state index in [9.17, 15) is 18.0 Å². The molecule has 186 valence electrons. The number of fused-ring (bicyclic) bond motifs is 1. The Morgan fingerprint density at radius 2 is 1.58 bits per heavy atom. The van der Waals surface area contributed by atoms with Crippen LogP contribution in [0.5, 0.6) is 11.5 Å². The highest BCUT2D eigenvalue weighted by atomic mass is 19.4. The molecule has 2 N–H and O–H groups in total. The molecule has 1 heterocycles. The van der Waals surface area contributed by atoms with Gasteiger partial charge >= 0.3 is 6.18 Å². The molecule has 3 aromatic carbocycles. The van der Waals surface area contributed by atoms with Gasteiger partial charge in [-0.3, -0.25) is 4.79 Å². The van der Waals surface area contributed by atoms with E-state index in [0.29, 0.717) is 40.4 Å². The average molecular weight is 495 g/mol. The Morgan fingerprint density at radius 1 is 0.833 bits per heavy atom. The largest absolute Gasteiger partial charge is 0.493 e. The maximum absolute atomic E-state index is 13.6. The summed E-state index contributed by atoms with van der Waals surface area (Å²) in [4.78, 5) is 13.6. The van der Waals surface area contributed by atoms with Crippen molar-refractivity contribution >= 4 is 17.2 Å². The number of anilines is 2. The quantitative estimate of drug-likeness (QED) is 0.423. The van der Waals surface area contributed by atoms with Crippen LogP contribution >= 0.6 is 0 Å². The van der Waals surface area contributed by atoms with Gasteiger partial charge in [0.1, 0.15) is 0 Å². The summed E-state index contributed by atoms with van der Waals surface area (Å²) in [6, 6.07) is 17.5. The maximum atomic E-state index is 13.6. The lowest BCUT2D eigenvalue weighted by atomic mass is 9.78. The van der Waals surface area contributed by atoms with Gasteiger partial charge in [0.25, 0.3) is 0 Å². The number of para-hydroxylation sites is 2. The second-order valence-electron chi connectivity index (χ2n) is 8.91. The van der Waals surface area contributed by atoms with Crippen LogP contribution in [0.1, 0.15) is 41.5 Å². The standard InChI is InChI=1S/C28H25F3N2O3/c1-35-24-11-10-16(15-25(24)36-2)18-13-22-26(23(34)14-18)27(33-21-9-4-3-8-20(21)32-22)17-6-5-7-19(12-17)28(29,30)31/h3-12,15,18,27,32-33H,13-14H2,1-2H3/t18-,27-/m0/s1. The van der Waals surface area contributed by atoms with Crippen LogP contribution in [0.15, 0.2) is 78.0 Å². The van der Waals surface area contributed by atoms with Crippen molar-refractivity contribution in [3.8, 4) is 11.5 Å². The minimum atomic E-state index is -4.48. The van der Waals surface area contributed by atoms with Crippen LogP contribution in [0.2, 0.25) is 0 Å². The van der Waals surface area contributed by atoms with Gasteiger partial charge < -0.3 is 20.1 Å². The number of nitrogens with one attached hydrogen (secondary N) is 2. The van der Waals surface area contributed by atoms with Crippen LogP contribution in [0.3, 0.4) is 0 Å². The highest BCUT2D eigenvalue weighted by Crippen LogP contribution is 2.45. The van der Waals surface area contributed by atoms with E-state index in [1.807, 2.05) is 42.5 Å². The monoisotopic (exact) mass is 494 g/mol. The van der Waals surface area contributed by atoms with E-state index in [1.165, 1.54) is 6.07 Å². The van der Waals surface area contributed by atoms with Crippen LogP contribution in [0.4, 0.5) is 24.5 Å². The summed E-state index contributed by atoms with van der Waals surface area (Å²) in [6.07, 6.45) is -3.74. The summed E-state index contributed by atoms with van der Waals surface area (Å²) >= 11 is 0. The van der Waals surface area contributed by atoms with Gasteiger partial charge in [-0.2, -0.15) is 13.2 Å². The molecule has 0 saturated heterocycles. The van der Waals surface area contributed by atoms with Crippen molar-refractivity contribution in [3.05, 3.63) is 94.7 Å². The van der Waals surface area contributed by atoms with E-state index >= 15 is 0 Å². The summed E-state index contributed by atoms with van der Waals surface area (Å²) in [5.74, 6) is 0.922. The molecule has 5 rings (SSSR count). The molecule has 1 aliphatic carbocycles. The Hall–Kier alpha value is -3.94. The third-order valence-electron chi connectivity index (χ3n) is 6.74. The number of alkyl halides is 3. The first-order valence-electron chi connectivity index (χ1n) is 11.6. The van der Waals surface area contributed by atoms with E-state index in [4.69, 9.17) is 9.47 Å². The molecule has 2 aliphatic rings. The molecule has 3 aromatic rings. The van der Waals surface area contributed by atoms with Crippen LogP contribution < -0.4 is 20.1 Å². The van der Waals surface area contributed by atoms with Crippen molar-refractivity contribution in [2.45, 2.75) is 31.0 Å². The van der Waals surface area contributed by atoms with Gasteiger partial charge in [0.05, 0.1) is 37.2 Å². The lowest BCUT2D eigenvalue weighted by Gasteiger charge is -2.30. The first kappa shape index (κ1) is 23.8. The number of methoxy groups -OCH3 is 2. The number of allylic oxidation sites excluding steroid dienone is 1. The zero-order valence-electron chi connectivity index (χ0n) is 19.8. The molecule has 0 unspecified atom stereocenters. The first-order valence-corrected chi connectivity index (χ1v) is 11.6. The molecule has 0 aromatic heterocycles. The van der Waals surface area contributed by atoms with Crippen molar-refractivity contribution in [1.29, 1.82) is 0 Å². The summed E-state index contributed by atoms with van der Waals surface area (Å²) in [6.45, 7) is 0. The first-order chi connectivity index (χ1) is 17.3. The van der Waals surface area contributed by atoms with Crippen molar-refractivity contribution in [2.75, 3.05) is 24.9 Å². The zero-order chi connectivity index (χ0) is 25.4. The van der Waals surface area contributed by atoms with Crippen molar-refractivity contribution < 1.29 is 27.4 Å². The molecule has 0 amide bonds. The SMILES string of the molecule is COc1ccc([C@@H]2CC(=O)C3=C(C2)Nc2ccccc2N[C@H]3c2cccc(C(F)(F)F)c2)cc1OC. The molecule has 2 atom stereocenters. The van der Waals surface area contributed by atoms with Gasteiger partial charge in [-0.15, -0.1) is 0 Å². The second kappa shape index (κ2) is 9.26. The lowest BCUT2D eigenvalue weighted by molar-refractivity contribution is -0.137. The number of carbonyl (C=O) groups excluding carboxylic acids is 1. The highest BCUT2D eigenvalue weighted by molar-refractivity contribution is 6.01. The number of benzene rings is 3. The highest BCUT2D eigenvalue weighted by Gasteiger charge is 2.37. The summed E-state index contributed by atoms with van der Waals surface area (Å²) in [5.41, 5.74) is 3.20. The normalized spacial score (nSPS) is 19.4. The molecule has 0 radical (unpaired) electrons. The molecule has 5 nitrogen and oxygen atoms in total. The van der Waals surface area contributed by atoms with Gasteiger partial charge in [0.15, 0.2) is 17.3 Å². The van der Waals surface area contributed by atoms with E-state index in [1.54, 1.807) is 20.3 Å². The Morgan fingerprint density at radius 3 is 2.31 bits per heavy atom. The predicted molar refractivity (Wildman–Crippen MR) is 131 cm³/mol. The topological polar surface area (TPSA) is 59.6 Å². The van der Waals surface area contributed by atoms with E-state index < -0.39 is 17.8 Å². The lowest BCUT2D eigenvalue weighted by Crippen LogP contribution is -2.27. The van der Waals surface area contributed by atoms with Gasteiger partial charge in [0, 0.05) is 17.7 Å². The van der Waals surface area contributed by atoms with Gasteiger partial charge in [-0.25, -0.2) is 0 Å². The fraction of sp³-hybridized carbons (Fsp3) is 0.250. The van der Waals surface area contributed by atoms with E-state index in [0.717, 1.165) is 23.4 Å². The van der Waals surface area contributed by atoms with Gasteiger partial charge in [0.2, 0.25) is 0 Å². The number of halogens is 3. The van der Waals surface area contributed by atoms with E-state index in [2.05, 4.69) is 10.6 Å². The molecule has 0 bridgehead atoms. The molecule has 8 heteroatoms. The Labute approximate surface area is 206 Å². The molecule has 0 spiro atoms. The maximum Gasteiger partial charge on any atom is 0.416 e. The fourth-order valence-electron chi connectivity index (χ4n) is 4.98. The number of hydrogen-bond donors (Lipinski definition) is 2. The van der Waals surface area contributed by atoms with Crippen molar-refractivity contribution in [1.82, 2.24) is 0 Å². The number of ether oxygens (including phenoxy) is 2. The number of Topliss-reactive ketones (excluding diaryl/α,β-unsaturated/α-hetero) is 1. The number of carbonyl (C=O) groups is 1. The Balaban J connectivity index is 1.59.